The van der Waals surface area contributed by atoms with Gasteiger partial charge in [-0.3, -0.25) is 4.74 Å². The number of ether oxygens (including phenoxy) is 3. The summed E-state index contributed by atoms with van der Waals surface area (Å²) in [7, 11) is 3.88. The summed E-state index contributed by atoms with van der Waals surface area (Å²) >= 11 is 0. The molecule has 0 bridgehead atoms. The number of carbonyl (C=O) groups excluding carboxylic acids is 2. The van der Waals surface area contributed by atoms with E-state index in [0.29, 0.717) is 29.5 Å². The highest BCUT2D eigenvalue weighted by Crippen LogP contribution is 2.55. The van der Waals surface area contributed by atoms with E-state index in [2.05, 4.69) is 0 Å². The molecule has 1 spiro atoms. The fraction of sp³-hybridized carbons (Fsp3) is 0.318. The van der Waals surface area contributed by atoms with Crippen molar-refractivity contribution >= 4 is 11.9 Å². The molecule has 0 aliphatic carbocycles. The van der Waals surface area contributed by atoms with Crippen LogP contribution in [0.2, 0.25) is 0 Å². The van der Waals surface area contributed by atoms with Crippen LogP contribution in [0.5, 0.6) is 0 Å². The zero-order valence-electron chi connectivity index (χ0n) is 16.5. The molecule has 4 rings (SSSR count). The molecular weight excluding hydrogens is 391 g/mol. The number of hydrogen-bond acceptors (Lipinski definition) is 7. The number of rotatable bonds is 5. The monoisotopic (exact) mass is 410 g/mol. The van der Waals surface area contributed by atoms with Crippen LogP contribution in [0.4, 0.5) is 4.39 Å². The number of hydrogen-bond donors (Lipinski definition) is 0. The first-order chi connectivity index (χ1) is 14.3. The molecule has 0 N–H and O–H groups in total. The van der Waals surface area contributed by atoms with E-state index in [0.717, 1.165) is 6.54 Å². The molecule has 2 aromatic rings. The highest BCUT2D eigenvalue weighted by molar-refractivity contribution is 6.31. The lowest BCUT2D eigenvalue weighted by molar-refractivity contribution is -0.349. The van der Waals surface area contributed by atoms with Crippen LogP contribution in [-0.4, -0.2) is 37.5 Å². The third-order valence-corrected chi connectivity index (χ3v) is 5.29. The molecule has 1 unspecified atom stereocenters. The fourth-order valence-electron chi connectivity index (χ4n) is 3.97. The number of fused-ring (bicyclic) bond motifs is 2. The number of esters is 2. The Balaban J connectivity index is 1.90. The highest BCUT2D eigenvalue weighted by Gasteiger charge is 2.64. The van der Waals surface area contributed by atoms with Crippen molar-refractivity contribution in [1.82, 2.24) is 4.90 Å². The molecular formula is C22H19FN2O5. The van der Waals surface area contributed by atoms with Gasteiger partial charge in [0.25, 0.3) is 0 Å². The van der Waals surface area contributed by atoms with Crippen molar-refractivity contribution in [3.8, 4) is 6.07 Å². The number of nitrogens with zero attached hydrogens (tertiary/aromatic N) is 2. The van der Waals surface area contributed by atoms with Crippen LogP contribution in [0.1, 0.15) is 35.1 Å². The third-order valence-electron chi connectivity index (χ3n) is 5.29. The largest absolute Gasteiger partial charge is 0.422 e. The van der Waals surface area contributed by atoms with Gasteiger partial charge in [0.05, 0.1) is 17.2 Å². The summed E-state index contributed by atoms with van der Waals surface area (Å²) in [4.78, 5) is 25.8. The average Bonchev–Trinajstić information content (AvgIpc) is 3.15. The topological polar surface area (TPSA) is 88.9 Å². The highest BCUT2D eigenvalue weighted by atomic mass is 19.1. The summed E-state index contributed by atoms with van der Waals surface area (Å²) < 4.78 is 30.4. The standard InChI is InChI=1S/C22H19FN2O5/c1-25(2)11-3-10-21(15-5-7-16(23)8-6-15)17-9-4-14(13-24)12-18(17)22(30-21)28-19(26)20(27)29-22/h4-9,12H,3,10-11H2,1-2H3. The molecule has 1 saturated heterocycles. The molecule has 2 aromatic carbocycles. The van der Waals surface area contributed by atoms with E-state index in [9.17, 15) is 19.2 Å². The average molecular weight is 410 g/mol. The second-order valence-electron chi connectivity index (χ2n) is 7.55. The zero-order valence-corrected chi connectivity index (χ0v) is 16.5. The van der Waals surface area contributed by atoms with Crippen molar-refractivity contribution in [2.75, 3.05) is 20.6 Å². The summed E-state index contributed by atoms with van der Waals surface area (Å²) in [6.07, 6.45) is 1.12. The van der Waals surface area contributed by atoms with Crippen molar-refractivity contribution in [3.05, 3.63) is 70.5 Å². The van der Waals surface area contributed by atoms with Gasteiger partial charge >= 0.3 is 17.9 Å². The Morgan fingerprint density at radius 1 is 1.03 bits per heavy atom. The second-order valence-corrected chi connectivity index (χ2v) is 7.55. The van der Waals surface area contributed by atoms with Crippen LogP contribution >= 0.6 is 0 Å². The first kappa shape index (κ1) is 20.0. The van der Waals surface area contributed by atoms with Crippen molar-refractivity contribution < 1.29 is 28.2 Å². The molecule has 0 aromatic heterocycles. The summed E-state index contributed by atoms with van der Waals surface area (Å²) in [5, 5.41) is 9.33. The first-order valence-electron chi connectivity index (χ1n) is 9.42. The van der Waals surface area contributed by atoms with Gasteiger partial charge in [0.1, 0.15) is 11.4 Å². The van der Waals surface area contributed by atoms with Gasteiger partial charge in [-0.2, -0.15) is 5.26 Å². The number of carbonyl (C=O) groups is 2. The molecule has 154 valence electrons. The SMILES string of the molecule is CN(C)CCCC1(c2ccc(F)cc2)OC2(OC(=O)C(=O)O2)c2cc(C#N)ccc21. The molecule has 0 amide bonds. The van der Waals surface area contributed by atoms with Gasteiger partial charge in [0.2, 0.25) is 0 Å². The lowest BCUT2D eigenvalue weighted by Gasteiger charge is -2.32. The molecule has 0 radical (unpaired) electrons. The van der Waals surface area contributed by atoms with Gasteiger partial charge in [0, 0.05) is 5.56 Å². The van der Waals surface area contributed by atoms with Gasteiger partial charge in [-0.05, 0) is 63.3 Å². The Labute approximate surface area is 172 Å². The molecule has 30 heavy (non-hydrogen) atoms. The Bertz CT molecular complexity index is 1040. The number of nitriles is 1. The minimum Gasteiger partial charge on any atom is -0.385 e. The predicted molar refractivity (Wildman–Crippen MR) is 101 cm³/mol. The zero-order chi connectivity index (χ0) is 21.5. The van der Waals surface area contributed by atoms with E-state index < -0.39 is 29.3 Å². The molecule has 1 atom stereocenters. The van der Waals surface area contributed by atoms with Crippen molar-refractivity contribution in [1.29, 1.82) is 5.26 Å². The minimum atomic E-state index is -2.08. The molecule has 7 nitrogen and oxygen atoms in total. The number of benzene rings is 2. The molecule has 2 aliphatic rings. The maximum atomic E-state index is 13.6. The minimum absolute atomic E-state index is 0.273. The quantitative estimate of drug-likeness (QED) is 0.553. The van der Waals surface area contributed by atoms with Crippen LogP contribution in [0.25, 0.3) is 0 Å². The Morgan fingerprint density at radius 2 is 1.70 bits per heavy atom. The van der Waals surface area contributed by atoms with E-state index in [1.165, 1.54) is 18.2 Å². The van der Waals surface area contributed by atoms with Gasteiger partial charge in [0.15, 0.2) is 0 Å². The maximum absolute atomic E-state index is 13.6. The smallest absolute Gasteiger partial charge is 0.385 e. The summed E-state index contributed by atoms with van der Waals surface area (Å²) in [5.74, 6) is -4.84. The Hall–Kier alpha value is -3.28. The van der Waals surface area contributed by atoms with Crippen LogP contribution in [0.15, 0.2) is 42.5 Å². The Kier molecular flexibility index (Phi) is 4.80. The summed E-state index contributed by atoms with van der Waals surface area (Å²) in [5.41, 5.74) is 0.602. The van der Waals surface area contributed by atoms with Crippen LogP contribution < -0.4 is 0 Å². The number of halogens is 1. The van der Waals surface area contributed by atoms with Gasteiger partial charge < -0.3 is 14.4 Å². The van der Waals surface area contributed by atoms with Crippen molar-refractivity contribution in [2.45, 2.75) is 24.4 Å². The lowest BCUT2D eigenvalue weighted by Crippen LogP contribution is -2.35. The molecule has 2 heterocycles. The summed E-state index contributed by atoms with van der Waals surface area (Å²) in [6, 6.07) is 12.6. The first-order valence-corrected chi connectivity index (χ1v) is 9.42. The molecule has 8 heteroatoms. The van der Waals surface area contributed by atoms with Crippen molar-refractivity contribution in [2.24, 2.45) is 0 Å². The van der Waals surface area contributed by atoms with Gasteiger partial charge in [-0.1, -0.05) is 18.2 Å². The van der Waals surface area contributed by atoms with Gasteiger partial charge in [-0.25, -0.2) is 14.0 Å². The van der Waals surface area contributed by atoms with Crippen LogP contribution in [0, 0.1) is 17.1 Å². The fourth-order valence-corrected chi connectivity index (χ4v) is 3.97. The van der Waals surface area contributed by atoms with E-state index in [1.807, 2.05) is 25.1 Å². The van der Waals surface area contributed by atoms with E-state index in [1.54, 1.807) is 24.3 Å². The van der Waals surface area contributed by atoms with Gasteiger partial charge in [-0.15, -0.1) is 0 Å². The normalized spacial score (nSPS) is 21.4. The second kappa shape index (κ2) is 7.20. The van der Waals surface area contributed by atoms with E-state index in [4.69, 9.17) is 14.2 Å². The molecule has 1 fully saturated rings. The predicted octanol–water partition coefficient (Wildman–Crippen LogP) is 2.52. The maximum Gasteiger partial charge on any atom is 0.422 e. The summed E-state index contributed by atoms with van der Waals surface area (Å²) in [6.45, 7) is 0.741. The third kappa shape index (κ3) is 3.12. The van der Waals surface area contributed by atoms with E-state index in [-0.39, 0.29) is 5.56 Å². The van der Waals surface area contributed by atoms with E-state index >= 15 is 0 Å². The van der Waals surface area contributed by atoms with Crippen molar-refractivity contribution in [3.63, 3.8) is 0 Å². The lowest BCUT2D eigenvalue weighted by atomic mass is 9.81. The molecule has 2 aliphatic heterocycles. The van der Waals surface area contributed by atoms with Crippen LogP contribution in [-0.2, 0) is 35.4 Å². The van der Waals surface area contributed by atoms with Crippen LogP contribution in [0.3, 0.4) is 0 Å². The Morgan fingerprint density at radius 3 is 2.30 bits per heavy atom. The molecule has 0 saturated carbocycles.